The number of aromatic nitrogens is 4. The number of carbonyl (C=O) groups is 1. The average Bonchev–Trinajstić information content (AvgIpc) is 3.41. The van der Waals surface area contributed by atoms with Gasteiger partial charge in [-0.2, -0.15) is 0 Å². The maximum Gasteiger partial charge on any atom is 0.323 e. The first-order valence-corrected chi connectivity index (χ1v) is 9.32. The fourth-order valence-corrected chi connectivity index (χ4v) is 3.17. The molecule has 3 heterocycles. The van der Waals surface area contributed by atoms with Crippen molar-refractivity contribution in [1.82, 2.24) is 20.2 Å². The molecule has 1 aromatic carbocycles. The smallest absolute Gasteiger partial charge is 0.323 e. The molecule has 0 bridgehead atoms. The Morgan fingerprint density at radius 2 is 2.07 bits per heavy atom. The standard InChI is InChI=1S/C19H20N6O4/c1-2-7-25(11-17-23-24-18(29-17)15-4-3-8-28-15)10-16(26)20-12-5-6-13-14(9-12)22-19(27)21-13/h3-6,8-9H,2,7,10-11H2,1H3,(H,20,26)(H2,21,22,27)/p+1. The summed E-state index contributed by atoms with van der Waals surface area (Å²) in [6.45, 7) is 3.50. The summed E-state index contributed by atoms with van der Waals surface area (Å²) in [5.74, 6) is 1.13. The minimum absolute atomic E-state index is 0.142. The molecule has 3 aromatic heterocycles. The molecule has 1 amide bonds. The van der Waals surface area contributed by atoms with Crippen LogP contribution in [-0.2, 0) is 11.3 Å². The van der Waals surface area contributed by atoms with Gasteiger partial charge < -0.3 is 29.0 Å². The van der Waals surface area contributed by atoms with Crippen LogP contribution in [0.25, 0.3) is 22.7 Å². The maximum atomic E-state index is 12.5. The van der Waals surface area contributed by atoms with Gasteiger partial charge >= 0.3 is 5.69 Å². The number of nitrogens with one attached hydrogen (secondary N) is 4. The fraction of sp³-hybridized carbons (Fsp3) is 0.263. The highest BCUT2D eigenvalue weighted by atomic mass is 16.4. The Morgan fingerprint density at radius 1 is 1.21 bits per heavy atom. The number of aromatic amines is 2. The minimum Gasteiger partial charge on any atom is -0.459 e. The summed E-state index contributed by atoms with van der Waals surface area (Å²) in [5, 5.41) is 10.9. The van der Waals surface area contributed by atoms with Gasteiger partial charge in [-0.05, 0) is 36.8 Å². The SMILES string of the molecule is CCC[NH+](CC(=O)Nc1ccc2[nH]c(=O)[nH]c2c1)Cc1nnc(-c2ccco2)o1. The van der Waals surface area contributed by atoms with Crippen LogP contribution in [0.2, 0.25) is 0 Å². The van der Waals surface area contributed by atoms with Crippen LogP contribution in [0, 0.1) is 0 Å². The molecule has 150 valence electrons. The number of benzene rings is 1. The number of quaternary nitrogens is 1. The van der Waals surface area contributed by atoms with E-state index in [0.717, 1.165) is 17.9 Å². The molecule has 0 radical (unpaired) electrons. The third-order valence-corrected chi connectivity index (χ3v) is 4.41. The van der Waals surface area contributed by atoms with Crippen LogP contribution in [0.4, 0.5) is 5.69 Å². The summed E-state index contributed by atoms with van der Waals surface area (Å²) in [5.41, 5.74) is 1.67. The van der Waals surface area contributed by atoms with Crippen LogP contribution in [0.15, 0.2) is 50.2 Å². The van der Waals surface area contributed by atoms with E-state index in [1.54, 1.807) is 36.6 Å². The third kappa shape index (κ3) is 4.43. The lowest BCUT2D eigenvalue weighted by molar-refractivity contribution is -0.907. The summed E-state index contributed by atoms with van der Waals surface area (Å²) < 4.78 is 10.9. The summed E-state index contributed by atoms with van der Waals surface area (Å²) in [6, 6.07) is 8.71. The Kier molecular flexibility index (Phi) is 5.25. The molecule has 0 aliphatic heterocycles. The predicted molar refractivity (Wildman–Crippen MR) is 104 cm³/mol. The minimum atomic E-state index is -0.282. The lowest BCUT2D eigenvalue weighted by Gasteiger charge is -2.16. The number of carbonyl (C=O) groups excluding carboxylic acids is 1. The van der Waals surface area contributed by atoms with Gasteiger partial charge in [-0.25, -0.2) is 4.79 Å². The largest absolute Gasteiger partial charge is 0.459 e. The first-order valence-electron chi connectivity index (χ1n) is 9.32. The molecule has 4 N–H and O–H groups in total. The summed E-state index contributed by atoms with van der Waals surface area (Å²) >= 11 is 0. The molecular formula is C19H21N6O4+. The van der Waals surface area contributed by atoms with Gasteiger partial charge in [0.2, 0.25) is 0 Å². The van der Waals surface area contributed by atoms with Gasteiger partial charge in [0.1, 0.15) is 0 Å². The van der Waals surface area contributed by atoms with E-state index in [1.165, 1.54) is 0 Å². The predicted octanol–water partition coefficient (Wildman–Crippen LogP) is 0.933. The van der Waals surface area contributed by atoms with Gasteiger partial charge in [-0.1, -0.05) is 6.92 Å². The lowest BCUT2D eigenvalue weighted by atomic mass is 10.2. The Balaban J connectivity index is 1.40. The first-order chi connectivity index (χ1) is 14.1. The van der Waals surface area contributed by atoms with Gasteiger partial charge in [0.15, 0.2) is 18.8 Å². The fourth-order valence-electron chi connectivity index (χ4n) is 3.17. The number of hydrogen-bond donors (Lipinski definition) is 4. The van der Waals surface area contributed by atoms with E-state index in [0.29, 0.717) is 40.8 Å². The van der Waals surface area contributed by atoms with Crippen molar-refractivity contribution >= 4 is 22.6 Å². The summed E-state index contributed by atoms with van der Waals surface area (Å²) in [4.78, 5) is 30.2. The van der Waals surface area contributed by atoms with Crippen LogP contribution in [-0.4, -0.2) is 39.2 Å². The second-order valence-electron chi connectivity index (χ2n) is 6.72. The monoisotopic (exact) mass is 397 g/mol. The zero-order valence-electron chi connectivity index (χ0n) is 15.8. The molecule has 4 aromatic rings. The number of furan rings is 1. The van der Waals surface area contributed by atoms with Crippen molar-refractivity contribution in [2.75, 3.05) is 18.4 Å². The van der Waals surface area contributed by atoms with E-state index < -0.39 is 0 Å². The molecule has 1 atom stereocenters. The normalized spacial score (nSPS) is 12.3. The van der Waals surface area contributed by atoms with Crippen LogP contribution >= 0.6 is 0 Å². The van der Waals surface area contributed by atoms with Gasteiger partial charge in [0.05, 0.1) is 23.8 Å². The lowest BCUT2D eigenvalue weighted by Crippen LogP contribution is -3.11. The van der Waals surface area contributed by atoms with Crippen molar-refractivity contribution in [2.45, 2.75) is 19.9 Å². The Labute approximate surface area is 164 Å². The van der Waals surface area contributed by atoms with E-state index >= 15 is 0 Å². The Morgan fingerprint density at radius 3 is 2.86 bits per heavy atom. The van der Waals surface area contributed by atoms with E-state index in [1.807, 2.05) is 0 Å². The van der Waals surface area contributed by atoms with Crippen molar-refractivity contribution in [3.05, 3.63) is 53.0 Å². The first kappa shape index (κ1) is 18.7. The molecule has 0 saturated heterocycles. The number of fused-ring (bicyclic) bond motifs is 1. The van der Waals surface area contributed by atoms with Gasteiger partial charge in [0, 0.05) is 5.69 Å². The molecule has 10 heteroatoms. The highest BCUT2D eigenvalue weighted by molar-refractivity contribution is 5.93. The van der Waals surface area contributed by atoms with Crippen LogP contribution < -0.4 is 15.9 Å². The third-order valence-electron chi connectivity index (χ3n) is 4.41. The molecule has 1 unspecified atom stereocenters. The number of amides is 1. The van der Waals surface area contributed by atoms with E-state index in [4.69, 9.17) is 8.83 Å². The van der Waals surface area contributed by atoms with Gasteiger partial charge in [0.25, 0.3) is 17.7 Å². The van der Waals surface area contributed by atoms with Crippen LogP contribution in [0.3, 0.4) is 0 Å². The van der Waals surface area contributed by atoms with Crippen molar-refractivity contribution in [3.63, 3.8) is 0 Å². The maximum absolute atomic E-state index is 12.5. The van der Waals surface area contributed by atoms with E-state index in [-0.39, 0.29) is 18.1 Å². The van der Waals surface area contributed by atoms with Crippen molar-refractivity contribution in [3.8, 4) is 11.7 Å². The highest BCUT2D eigenvalue weighted by Crippen LogP contribution is 2.17. The molecular weight excluding hydrogens is 376 g/mol. The van der Waals surface area contributed by atoms with Crippen molar-refractivity contribution < 1.29 is 18.5 Å². The van der Waals surface area contributed by atoms with Crippen molar-refractivity contribution in [1.29, 1.82) is 0 Å². The Hall–Kier alpha value is -3.66. The van der Waals surface area contributed by atoms with E-state index in [9.17, 15) is 9.59 Å². The molecule has 29 heavy (non-hydrogen) atoms. The zero-order chi connectivity index (χ0) is 20.2. The van der Waals surface area contributed by atoms with E-state index in [2.05, 4.69) is 32.4 Å². The highest BCUT2D eigenvalue weighted by Gasteiger charge is 2.19. The molecule has 0 fully saturated rings. The molecule has 10 nitrogen and oxygen atoms in total. The number of imidazole rings is 1. The summed E-state index contributed by atoms with van der Waals surface area (Å²) in [7, 11) is 0. The van der Waals surface area contributed by atoms with Crippen molar-refractivity contribution in [2.24, 2.45) is 0 Å². The number of rotatable bonds is 8. The van der Waals surface area contributed by atoms with Crippen LogP contribution in [0.5, 0.6) is 0 Å². The molecule has 0 aliphatic carbocycles. The Bertz CT molecular complexity index is 1160. The van der Waals surface area contributed by atoms with Gasteiger partial charge in [-0.3, -0.25) is 4.79 Å². The second-order valence-corrected chi connectivity index (χ2v) is 6.72. The average molecular weight is 397 g/mol. The zero-order valence-corrected chi connectivity index (χ0v) is 15.8. The van der Waals surface area contributed by atoms with Crippen LogP contribution in [0.1, 0.15) is 19.2 Å². The summed E-state index contributed by atoms with van der Waals surface area (Å²) in [6.07, 6.45) is 2.44. The molecule has 0 spiro atoms. The molecule has 0 aliphatic rings. The molecule has 0 saturated carbocycles. The molecule has 4 rings (SSSR count). The number of nitrogens with zero attached hydrogens (tertiary/aromatic N) is 2. The number of hydrogen-bond acceptors (Lipinski definition) is 6. The number of anilines is 1. The van der Waals surface area contributed by atoms with Gasteiger partial charge in [-0.15, -0.1) is 10.2 Å². The number of H-pyrrole nitrogens is 2. The topological polar surface area (TPSA) is 134 Å². The second kappa shape index (κ2) is 8.15. The quantitative estimate of drug-likeness (QED) is 0.349.